The van der Waals surface area contributed by atoms with Gasteiger partial charge in [0.05, 0.1) is 23.3 Å². The first kappa shape index (κ1) is 17.5. The van der Waals surface area contributed by atoms with Gasteiger partial charge in [0.1, 0.15) is 0 Å². The second-order valence-electron chi connectivity index (χ2n) is 4.99. The fourth-order valence-corrected chi connectivity index (χ4v) is 4.05. The Labute approximate surface area is 143 Å². The van der Waals surface area contributed by atoms with Gasteiger partial charge in [0.2, 0.25) is 0 Å². The third kappa shape index (κ3) is 3.73. The highest BCUT2D eigenvalue weighted by atomic mass is 79.9. The van der Waals surface area contributed by atoms with Gasteiger partial charge in [-0.15, -0.1) is 0 Å². The number of ether oxygens (including phenoxy) is 1. The van der Waals surface area contributed by atoms with Gasteiger partial charge in [-0.3, -0.25) is 4.72 Å². The summed E-state index contributed by atoms with van der Waals surface area (Å²) in [5.74, 6) is -0.570. The average Bonchev–Trinajstić information content (AvgIpc) is 2.49. The SMILES string of the molecule is COC(=O)c1cccc(S(=O)(=O)Nc2ccc(Br)cc2C)c1C. The lowest BCUT2D eigenvalue weighted by Gasteiger charge is -2.14. The lowest BCUT2D eigenvalue weighted by atomic mass is 10.1. The summed E-state index contributed by atoms with van der Waals surface area (Å²) in [4.78, 5) is 11.8. The van der Waals surface area contributed by atoms with E-state index in [4.69, 9.17) is 0 Å². The van der Waals surface area contributed by atoms with Crippen molar-refractivity contribution >= 4 is 37.6 Å². The number of sulfonamides is 1. The number of hydrogen-bond acceptors (Lipinski definition) is 4. The fraction of sp³-hybridized carbons (Fsp3) is 0.188. The summed E-state index contributed by atoms with van der Waals surface area (Å²) in [6.45, 7) is 3.38. The zero-order valence-electron chi connectivity index (χ0n) is 12.9. The Bertz CT molecular complexity index is 862. The van der Waals surface area contributed by atoms with Gasteiger partial charge in [0.25, 0.3) is 10.0 Å². The molecule has 122 valence electrons. The molecule has 2 rings (SSSR count). The van der Waals surface area contributed by atoms with E-state index in [1.54, 1.807) is 26.0 Å². The normalized spacial score (nSPS) is 11.1. The summed E-state index contributed by atoms with van der Waals surface area (Å²) >= 11 is 3.34. The number of rotatable bonds is 4. The van der Waals surface area contributed by atoms with Crippen molar-refractivity contribution in [2.75, 3.05) is 11.8 Å². The van der Waals surface area contributed by atoms with Crippen molar-refractivity contribution in [3.63, 3.8) is 0 Å². The molecule has 1 N–H and O–H groups in total. The highest BCUT2D eigenvalue weighted by Crippen LogP contribution is 2.25. The van der Waals surface area contributed by atoms with Crippen LogP contribution in [-0.2, 0) is 14.8 Å². The number of hydrogen-bond donors (Lipinski definition) is 1. The van der Waals surface area contributed by atoms with Crippen LogP contribution in [-0.4, -0.2) is 21.5 Å². The number of nitrogens with one attached hydrogen (secondary N) is 1. The molecule has 23 heavy (non-hydrogen) atoms. The highest BCUT2D eigenvalue weighted by molar-refractivity contribution is 9.10. The van der Waals surface area contributed by atoms with Gasteiger partial charge in [0, 0.05) is 4.47 Å². The predicted octanol–water partition coefficient (Wildman–Crippen LogP) is 3.65. The standard InChI is InChI=1S/C16H16BrNO4S/c1-10-9-12(17)7-8-14(10)18-23(20,21)15-6-4-5-13(11(15)2)16(19)22-3/h4-9,18H,1-3H3. The Kier molecular flexibility index (Phi) is 5.11. The molecule has 0 aliphatic rings. The van der Waals surface area contributed by atoms with Crippen molar-refractivity contribution in [1.29, 1.82) is 0 Å². The molecular weight excluding hydrogens is 382 g/mol. The molecule has 0 aromatic heterocycles. The number of carbonyl (C=O) groups is 1. The monoisotopic (exact) mass is 397 g/mol. The lowest BCUT2D eigenvalue weighted by molar-refractivity contribution is 0.0599. The Morgan fingerprint density at radius 3 is 2.48 bits per heavy atom. The molecule has 0 spiro atoms. The molecule has 0 bridgehead atoms. The van der Waals surface area contributed by atoms with E-state index in [-0.39, 0.29) is 10.5 Å². The van der Waals surface area contributed by atoms with Crippen LogP contribution in [0.3, 0.4) is 0 Å². The summed E-state index contributed by atoms with van der Waals surface area (Å²) in [6.07, 6.45) is 0. The van der Waals surface area contributed by atoms with Crippen molar-refractivity contribution in [3.05, 3.63) is 57.6 Å². The molecule has 0 radical (unpaired) electrons. The summed E-state index contributed by atoms with van der Waals surface area (Å²) in [5.41, 5.74) is 1.84. The smallest absolute Gasteiger partial charge is 0.338 e. The molecule has 0 aliphatic carbocycles. The number of benzene rings is 2. The van der Waals surface area contributed by atoms with Gasteiger partial charge in [-0.1, -0.05) is 22.0 Å². The molecule has 0 amide bonds. The minimum Gasteiger partial charge on any atom is -0.465 e. The molecule has 0 saturated carbocycles. The maximum atomic E-state index is 12.6. The zero-order valence-corrected chi connectivity index (χ0v) is 15.3. The van der Waals surface area contributed by atoms with Crippen LogP contribution < -0.4 is 4.72 Å². The Balaban J connectivity index is 2.46. The van der Waals surface area contributed by atoms with Crippen LogP contribution in [0, 0.1) is 13.8 Å². The van der Waals surface area contributed by atoms with Crippen LogP contribution >= 0.6 is 15.9 Å². The van der Waals surface area contributed by atoms with Crippen molar-refractivity contribution in [2.45, 2.75) is 18.7 Å². The number of anilines is 1. The zero-order chi connectivity index (χ0) is 17.2. The Hall–Kier alpha value is -1.86. The van der Waals surface area contributed by atoms with Crippen LogP contribution in [0.5, 0.6) is 0 Å². The summed E-state index contributed by atoms with van der Waals surface area (Å²) in [6, 6.07) is 9.75. The van der Waals surface area contributed by atoms with Crippen molar-refractivity contribution < 1.29 is 17.9 Å². The van der Waals surface area contributed by atoms with Crippen molar-refractivity contribution in [1.82, 2.24) is 0 Å². The van der Waals surface area contributed by atoms with E-state index >= 15 is 0 Å². The maximum absolute atomic E-state index is 12.6. The fourth-order valence-electron chi connectivity index (χ4n) is 2.18. The van der Waals surface area contributed by atoms with Crippen LogP contribution in [0.15, 0.2) is 45.8 Å². The quantitative estimate of drug-likeness (QED) is 0.798. The van der Waals surface area contributed by atoms with Gasteiger partial charge in [-0.25, -0.2) is 13.2 Å². The molecule has 7 heteroatoms. The molecule has 0 unspecified atom stereocenters. The van der Waals surface area contributed by atoms with Gasteiger partial charge >= 0.3 is 5.97 Å². The van der Waals surface area contributed by atoms with Gasteiger partial charge in [0.15, 0.2) is 0 Å². The Morgan fingerprint density at radius 2 is 1.87 bits per heavy atom. The number of methoxy groups -OCH3 is 1. The summed E-state index contributed by atoms with van der Waals surface area (Å²) < 4.78 is 33.4. The highest BCUT2D eigenvalue weighted by Gasteiger charge is 2.21. The molecule has 2 aromatic rings. The average molecular weight is 398 g/mol. The first-order chi connectivity index (χ1) is 10.8. The van der Waals surface area contributed by atoms with E-state index < -0.39 is 16.0 Å². The minimum atomic E-state index is -3.82. The maximum Gasteiger partial charge on any atom is 0.338 e. The number of esters is 1. The molecule has 2 aromatic carbocycles. The van der Waals surface area contributed by atoms with E-state index in [9.17, 15) is 13.2 Å². The van der Waals surface area contributed by atoms with Gasteiger partial charge in [-0.05, 0) is 55.3 Å². The van der Waals surface area contributed by atoms with Crippen LogP contribution in [0.2, 0.25) is 0 Å². The molecule has 0 atom stereocenters. The molecule has 0 fully saturated rings. The number of aryl methyl sites for hydroxylation is 1. The van der Waals surface area contributed by atoms with Gasteiger partial charge in [-0.2, -0.15) is 0 Å². The van der Waals surface area contributed by atoms with Crippen LogP contribution in [0.4, 0.5) is 5.69 Å². The molecule has 0 aliphatic heterocycles. The van der Waals surface area contributed by atoms with Crippen molar-refractivity contribution in [2.24, 2.45) is 0 Å². The van der Waals surface area contributed by atoms with Crippen LogP contribution in [0.1, 0.15) is 21.5 Å². The lowest BCUT2D eigenvalue weighted by Crippen LogP contribution is -2.17. The van der Waals surface area contributed by atoms with Crippen LogP contribution in [0.25, 0.3) is 0 Å². The van der Waals surface area contributed by atoms with E-state index in [2.05, 4.69) is 25.4 Å². The van der Waals surface area contributed by atoms with Gasteiger partial charge < -0.3 is 4.74 Å². The first-order valence-corrected chi connectivity index (χ1v) is 9.01. The van der Waals surface area contributed by atoms with E-state index in [1.807, 2.05) is 6.07 Å². The molecule has 0 heterocycles. The van der Waals surface area contributed by atoms with E-state index in [0.717, 1.165) is 10.0 Å². The third-order valence-electron chi connectivity index (χ3n) is 3.41. The second-order valence-corrected chi connectivity index (χ2v) is 7.55. The van der Waals surface area contributed by atoms with E-state index in [0.29, 0.717) is 11.3 Å². The first-order valence-electron chi connectivity index (χ1n) is 6.73. The van der Waals surface area contributed by atoms with Crippen molar-refractivity contribution in [3.8, 4) is 0 Å². The second kappa shape index (κ2) is 6.72. The van der Waals surface area contributed by atoms with E-state index in [1.165, 1.54) is 25.3 Å². The minimum absolute atomic E-state index is 0.0442. The molecular formula is C16H16BrNO4S. The summed E-state index contributed by atoms with van der Waals surface area (Å²) in [5, 5.41) is 0. The molecule has 5 nitrogen and oxygen atoms in total. The topological polar surface area (TPSA) is 72.5 Å². The third-order valence-corrected chi connectivity index (χ3v) is 5.41. The largest absolute Gasteiger partial charge is 0.465 e. The number of halogens is 1. The predicted molar refractivity (Wildman–Crippen MR) is 92.2 cm³/mol. The Morgan fingerprint density at radius 1 is 1.17 bits per heavy atom. The summed E-state index contributed by atoms with van der Waals surface area (Å²) in [7, 11) is -2.56. The molecule has 0 saturated heterocycles. The number of carbonyl (C=O) groups excluding carboxylic acids is 1.